The van der Waals surface area contributed by atoms with E-state index in [-0.39, 0.29) is 6.04 Å². The zero-order chi connectivity index (χ0) is 13.1. The summed E-state index contributed by atoms with van der Waals surface area (Å²) in [6.07, 6.45) is 4.78. The highest BCUT2D eigenvalue weighted by Gasteiger charge is 2.18. The van der Waals surface area contributed by atoms with E-state index in [1.807, 2.05) is 19.4 Å². The Kier molecular flexibility index (Phi) is 5.00. The summed E-state index contributed by atoms with van der Waals surface area (Å²) in [5, 5.41) is 3.36. The fourth-order valence-corrected chi connectivity index (χ4v) is 4.93. The molecule has 0 saturated heterocycles. The van der Waals surface area contributed by atoms with Crippen LogP contribution >= 0.6 is 43.2 Å². The Morgan fingerprint density at radius 1 is 1.50 bits per heavy atom. The largest absolute Gasteiger partial charge is 0.335 e. The summed E-state index contributed by atoms with van der Waals surface area (Å²) in [5.41, 5.74) is 1.28. The molecule has 2 heterocycles. The van der Waals surface area contributed by atoms with Crippen molar-refractivity contribution in [3.63, 3.8) is 0 Å². The highest BCUT2D eigenvalue weighted by molar-refractivity contribution is 9.12. The minimum atomic E-state index is 0.273. The molecule has 18 heavy (non-hydrogen) atoms. The predicted octanol–water partition coefficient (Wildman–Crippen LogP) is 3.99. The van der Waals surface area contributed by atoms with E-state index < -0.39 is 0 Å². The Morgan fingerprint density at radius 3 is 2.83 bits per heavy atom. The van der Waals surface area contributed by atoms with E-state index in [0.717, 1.165) is 22.6 Å². The SMILES string of the molecule is CCn1ccnc1CC(NC)c1cc(Br)sc1Br. The molecular weight excluding hydrogens is 378 g/mol. The second-order valence-corrected chi connectivity index (χ2v) is 7.70. The van der Waals surface area contributed by atoms with Crippen LogP contribution in [0.25, 0.3) is 0 Å². The van der Waals surface area contributed by atoms with Gasteiger partial charge in [-0.25, -0.2) is 4.98 Å². The second kappa shape index (κ2) is 6.32. The van der Waals surface area contributed by atoms with Gasteiger partial charge >= 0.3 is 0 Å². The van der Waals surface area contributed by atoms with Crippen LogP contribution in [-0.4, -0.2) is 16.6 Å². The van der Waals surface area contributed by atoms with Crippen molar-refractivity contribution >= 4 is 43.2 Å². The smallest absolute Gasteiger partial charge is 0.110 e. The average molecular weight is 393 g/mol. The normalized spacial score (nSPS) is 12.9. The van der Waals surface area contributed by atoms with Gasteiger partial charge in [0.15, 0.2) is 0 Å². The molecule has 98 valence electrons. The molecule has 0 bridgehead atoms. The van der Waals surface area contributed by atoms with Crippen LogP contribution < -0.4 is 5.32 Å². The van der Waals surface area contributed by atoms with Gasteiger partial charge in [0.25, 0.3) is 0 Å². The number of imidazole rings is 1. The number of aromatic nitrogens is 2. The molecule has 0 radical (unpaired) electrons. The van der Waals surface area contributed by atoms with Crippen LogP contribution in [0.15, 0.2) is 26.0 Å². The van der Waals surface area contributed by atoms with Gasteiger partial charge in [-0.05, 0) is 57.5 Å². The second-order valence-electron chi connectivity index (χ2n) is 3.95. The molecule has 0 aliphatic carbocycles. The molecule has 0 spiro atoms. The third-order valence-electron chi connectivity index (χ3n) is 2.94. The summed E-state index contributed by atoms with van der Waals surface area (Å²) in [6, 6.07) is 2.43. The van der Waals surface area contributed by atoms with E-state index in [9.17, 15) is 0 Å². The van der Waals surface area contributed by atoms with Crippen molar-refractivity contribution in [2.75, 3.05) is 7.05 Å². The van der Waals surface area contributed by atoms with Crippen LogP contribution in [0.3, 0.4) is 0 Å². The van der Waals surface area contributed by atoms with Crippen molar-refractivity contribution < 1.29 is 0 Å². The molecule has 0 fully saturated rings. The molecular formula is C12H15Br2N3S. The molecule has 0 aliphatic rings. The maximum Gasteiger partial charge on any atom is 0.110 e. The van der Waals surface area contributed by atoms with Crippen molar-refractivity contribution in [1.29, 1.82) is 0 Å². The van der Waals surface area contributed by atoms with Crippen LogP contribution in [0, 0.1) is 0 Å². The van der Waals surface area contributed by atoms with E-state index in [4.69, 9.17) is 0 Å². The minimum Gasteiger partial charge on any atom is -0.335 e. The van der Waals surface area contributed by atoms with E-state index in [1.165, 1.54) is 9.35 Å². The van der Waals surface area contributed by atoms with Crippen molar-refractivity contribution in [3.8, 4) is 0 Å². The Bertz CT molecular complexity index is 521. The van der Waals surface area contributed by atoms with Crippen LogP contribution in [0.5, 0.6) is 0 Å². The molecule has 2 rings (SSSR count). The zero-order valence-corrected chi connectivity index (χ0v) is 14.3. The van der Waals surface area contributed by atoms with Crippen molar-refractivity contribution in [1.82, 2.24) is 14.9 Å². The monoisotopic (exact) mass is 391 g/mol. The molecule has 0 amide bonds. The number of halogens is 2. The Labute approximate surface area is 128 Å². The third-order valence-corrected chi connectivity index (χ3v) is 5.32. The summed E-state index contributed by atoms with van der Waals surface area (Å²) in [7, 11) is 1.99. The number of hydrogen-bond acceptors (Lipinski definition) is 3. The Balaban J connectivity index is 2.22. The minimum absolute atomic E-state index is 0.273. The van der Waals surface area contributed by atoms with Crippen LogP contribution in [0.4, 0.5) is 0 Å². The summed E-state index contributed by atoms with van der Waals surface area (Å²) in [6.45, 7) is 3.09. The third kappa shape index (κ3) is 3.04. The number of nitrogens with zero attached hydrogens (tertiary/aromatic N) is 2. The number of nitrogens with one attached hydrogen (secondary N) is 1. The lowest BCUT2D eigenvalue weighted by atomic mass is 10.1. The lowest BCUT2D eigenvalue weighted by Gasteiger charge is -2.16. The van der Waals surface area contributed by atoms with Crippen molar-refractivity contribution in [3.05, 3.63) is 37.4 Å². The standard InChI is InChI=1S/C12H15Br2N3S/c1-3-17-5-4-16-11(17)7-9(15-2)8-6-10(13)18-12(8)14/h4-6,9,15H,3,7H2,1-2H3. The number of hydrogen-bond donors (Lipinski definition) is 1. The predicted molar refractivity (Wildman–Crippen MR) is 83.1 cm³/mol. The Hall–Kier alpha value is -0.170. The van der Waals surface area contributed by atoms with E-state index in [2.05, 4.69) is 59.7 Å². The first kappa shape index (κ1) is 14.2. The van der Waals surface area contributed by atoms with E-state index in [0.29, 0.717) is 0 Å². The number of likely N-dealkylation sites (N-methyl/N-ethyl adjacent to an activating group) is 1. The summed E-state index contributed by atoms with van der Waals surface area (Å²) in [5.74, 6) is 1.12. The Morgan fingerprint density at radius 2 is 2.28 bits per heavy atom. The lowest BCUT2D eigenvalue weighted by Crippen LogP contribution is -2.20. The van der Waals surface area contributed by atoms with Gasteiger partial charge in [-0.1, -0.05) is 0 Å². The van der Waals surface area contributed by atoms with Gasteiger partial charge < -0.3 is 9.88 Å². The highest BCUT2D eigenvalue weighted by atomic mass is 79.9. The van der Waals surface area contributed by atoms with Gasteiger partial charge in [-0.3, -0.25) is 0 Å². The van der Waals surface area contributed by atoms with Gasteiger partial charge in [0, 0.05) is 31.4 Å². The molecule has 1 unspecified atom stereocenters. The number of thiophene rings is 1. The molecule has 0 aliphatic heterocycles. The molecule has 1 atom stereocenters. The van der Waals surface area contributed by atoms with E-state index >= 15 is 0 Å². The average Bonchev–Trinajstić information content (AvgIpc) is 2.92. The van der Waals surface area contributed by atoms with Crippen LogP contribution in [-0.2, 0) is 13.0 Å². The van der Waals surface area contributed by atoms with Gasteiger partial charge in [-0.2, -0.15) is 0 Å². The van der Waals surface area contributed by atoms with Crippen molar-refractivity contribution in [2.24, 2.45) is 0 Å². The lowest BCUT2D eigenvalue weighted by molar-refractivity contribution is 0.553. The maximum absolute atomic E-state index is 4.44. The maximum atomic E-state index is 4.44. The van der Waals surface area contributed by atoms with E-state index in [1.54, 1.807) is 11.3 Å². The molecule has 6 heteroatoms. The summed E-state index contributed by atoms with van der Waals surface area (Å²) >= 11 is 8.85. The highest BCUT2D eigenvalue weighted by Crippen LogP contribution is 2.36. The quantitative estimate of drug-likeness (QED) is 0.833. The van der Waals surface area contributed by atoms with Gasteiger partial charge in [0.2, 0.25) is 0 Å². The molecule has 1 N–H and O–H groups in total. The van der Waals surface area contributed by atoms with Crippen LogP contribution in [0.1, 0.15) is 24.4 Å². The van der Waals surface area contributed by atoms with Gasteiger partial charge in [-0.15, -0.1) is 11.3 Å². The molecule has 3 nitrogen and oxygen atoms in total. The van der Waals surface area contributed by atoms with Gasteiger partial charge in [0.1, 0.15) is 5.82 Å². The van der Waals surface area contributed by atoms with Crippen LogP contribution in [0.2, 0.25) is 0 Å². The fourth-order valence-electron chi connectivity index (χ4n) is 1.96. The molecule has 2 aromatic heterocycles. The topological polar surface area (TPSA) is 29.9 Å². The first-order valence-corrected chi connectivity index (χ1v) is 8.18. The summed E-state index contributed by atoms with van der Waals surface area (Å²) in [4.78, 5) is 4.44. The first-order valence-electron chi connectivity index (χ1n) is 5.77. The number of aryl methyl sites for hydroxylation is 1. The van der Waals surface area contributed by atoms with Crippen molar-refractivity contribution in [2.45, 2.75) is 25.9 Å². The zero-order valence-electron chi connectivity index (χ0n) is 10.3. The fraction of sp³-hybridized carbons (Fsp3) is 0.417. The molecule has 0 saturated carbocycles. The summed E-state index contributed by atoms with van der Waals surface area (Å²) < 4.78 is 4.49. The first-order chi connectivity index (χ1) is 8.65. The molecule has 2 aromatic rings. The molecule has 0 aromatic carbocycles. The van der Waals surface area contributed by atoms with Gasteiger partial charge in [0.05, 0.1) is 7.57 Å². The number of rotatable bonds is 5.